The predicted octanol–water partition coefficient (Wildman–Crippen LogP) is 3.63. The second-order valence-corrected chi connectivity index (χ2v) is 10.1. The van der Waals surface area contributed by atoms with Crippen LogP contribution >= 0.6 is 11.3 Å². The van der Waals surface area contributed by atoms with Gasteiger partial charge in [-0.1, -0.05) is 12.1 Å². The minimum absolute atomic E-state index is 0.183. The van der Waals surface area contributed by atoms with Crippen molar-refractivity contribution in [3.8, 4) is 5.75 Å². The smallest absolute Gasteiger partial charge is 0.265 e. The van der Waals surface area contributed by atoms with Crippen molar-refractivity contribution in [1.82, 2.24) is 10.3 Å². The molecular formula is C22H26N4O3S2. The Labute approximate surface area is 187 Å². The maximum Gasteiger partial charge on any atom is 0.265 e. The number of rotatable bonds is 8. The highest BCUT2D eigenvalue weighted by Gasteiger charge is 2.27. The summed E-state index contributed by atoms with van der Waals surface area (Å²) in [5.74, 6) is 1.14. The topological polar surface area (TPSA) is 83.6 Å². The molecule has 9 heteroatoms. The highest BCUT2D eigenvalue weighted by Crippen LogP contribution is 2.29. The van der Waals surface area contributed by atoms with Gasteiger partial charge < -0.3 is 15.4 Å². The van der Waals surface area contributed by atoms with Crippen LogP contribution in [0, 0.1) is 6.92 Å². The molecule has 0 amide bonds. The first-order valence-electron chi connectivity index (χ1n) is 10.1. The normalized spacial score (nSPS) is 16.3. The molecule has 164 valence electrons. The lowest BCUT2D eigenvalue weighted by Crippen LogP contribution is -2.31. The van der Waals surface area contributed by atoms with E-state index < -0.39 is 10.0 Å². The number of hydrogen-bond donors (Lipinski definition) is 2. The summed E-state index contributed by atoms with van der Waals surface area (Å²) < 4.78 is 33.8. The molecule has 1 aromatic heterocycles. The van der Waals surface area contributed by atoms with Gasteiger partial charge in [-0.15, -0.1) is 11.3 Å². The van der Waals surface area contributed by atoms with Crippen LogP contribution in [-0.4, -0.2) is 39.6 Å². The largest absolute Gasteiger partial charge is 0.497 e. The Bertz CT molecular complexity index is 1110. The van der Waals surface area contributed by atoms with E-state index in [-0.39, 0.29) is 11.4 Å². The van der Waals surface area contributed by atoms with Gasteiger partial charge in [-0.3, -0.25) is 0 Å². The zero-order valence-electron chi connectivity index (χ0n) is 17.5. The molecule has 2 N–H and O–H groups in total. The SMILES string of the molecule is COc1ccc(CN(c2cscn2)S(=O)(=O)c2ccc(NC3CCNC3)c(C)c2)cc1. The second-order valence-electron chi connectivity index (χ2n) is 7.52. The van der Waals surface area contributed by atoms with Crippen LogP contribution in [0.15, 0.2) is 58.3 Å². The number of sulfonamides is 1. The summed E-state index contributed by atoms with van der Waals surface area (Å²) in [6.45, 7) is 4.03. The second kappa shape index (κ2) is 9.25. The van der Waals surface area contributed by atoms with Crippen LogP contribution in [0.4, 0.5) is 11.5 Å². The number of ether oxygens (including phenoxy) is 1. The Morgan fingerprint density at radius 2 is 2.06 bits per heavy atom. The van der Waals surface area contributed by atoms with E-state index in [0.717, 1.165) is 42.1 Å². The summed E-state index contributed by atoms with van der Waals surface area (Å²) in [6, 6.07) is 13.0. The average Bonchev–Trinajstić information content (AvgIpc) is 3.48. The Balaban J connectivity index is 1.62. The Hall–Kier alpha value is -2.62. The van der Waals surface area contributed by atoms with Gasteiger partial charge in [0.1, 0.15) is 5.75 Å². The van der Waals surface area contributed by atoms with Crippen molar-refractivity contribution in [2.24, 2.45) is 0 Å². The van der Waals surface area contributed by atoms with E-state index in [4.69, 9.17) is 4.74 Å². The van der Waals surface area contributed by atoms with Crippen LogP contribution in [0.25, 0.3) is 0 Å². The molecule has 0 saturated carbocycles. The number of nitrogens with zero attached hydrogens (tertiary/aromatic N) is 2. The van der Waals surface area contributed by atoms with E-state index in [1.54, 1.807) is 30.1 Å². The molecule has 1 aliphatic rings. The number of aromatic nitrogens is 1. The van der Waals surface area contributed by atoms with Crippen molar-refractivity contribution in [2.75, 3.05) is 29.8 Å². The number of aryl methyl sites for hydroxylation is 1. The summed E-state index contributed by atoms with van der Waals surface area (Å²) in [7, 11) is -2.20. The van der Waals surface area contributed by atoms with E-state index in [0.29, 0.717) is 11.9 Å². The van der Waals surface area contributed by atoms with Crippen molar-refractivity contribution in [2.45, 2.75) is 30.8 Å². The lowest BCUT2D eigenvalue weighted by atomic mass is 10.1. The van der Waals surface area contributed by atoms with Gasteiger partial charge in [0.05, 0.1) is 24.1 Å². The van der Waals surface area contributed by atoms with Crippen LogP contribution in [0.5, 0.6) is 5.75 Å². The number of anilines is 2. The van der Waals surface area contributed by atoms with Crippen molar-refractivity contribution in [3.63, 3.8) is 0 Å². The van der Waals surface area contributed by atoms with E-state index in [9.17, 15) is 8.42 Å². The third kappa shape index (κ3) is 4.84. The van der Waals surface area contributed by atoms with Crippen molar-refractivity contribution < 1.29 is 13.2 Å². The van der Waals surface area contributed by atoms with Gasteiger partial charge in [-0.2, -0.15) is 0 Å². The lowest BCUT2D eigenvalue weighted by Gasteiger charge is -2.23. The molecule has 1 saturated heterocycles. The zero-order chi connectivity index (χ0) is 21.8. The Kier molecular flexibility index (Phi) is 6.45. The molecular weight excluding hydrogens is 432 g/mol. The highest BCUT2D eigenvalue weighted by atomic mass is 32.2. The van der Waals surface area contributed by atoms with E-state index in [1.165, 1.54) is 15.6 Å². The summed E-state index contributed by atoms with van der Waals surface area (Å²) in [5.41, 5.74) is 4.35. The minimum Gasteiger partial charge on any atom is -0.497 e. The number of hydrogen-bond acceptors (Lipinski definition) is 7. The van der Waals surface area contributed by atoms with Gasteiger partial charge in [-0.05, 0) is 61.3 Å². The molecule has 1 atom stereocenters. The van der Waals surface area contributed by atoms with Gasteiger partial charge in [-0.25, -0.2) is 17.7 Å². The number of methoxy groups -OCH3 is 1. The molecule has 2 heterocycles. The molecule has 1 fully saturated rings. The monoisotopic (exact) mass is 458 g/mol. The molecule has 3 aromatic rings. The van der Waals surface area contributed by atoms with Gasteiger partial charge in [0.25, 0.3) is 10.0 Å². The van der Waals surface area contributed by atoms with Gasteiger partial charge in [0.15, 0.2) is 5.82 Å². The Morgan fingerprint density at radius 1 is 1.26 bits per heavy atom. The number of benzene rings is 2. The molecule has 1 aliphatic heterocycles. The van der Waals surface area contributed by atoms with Gasteiger partial charge in [0, 0.05) is 23.7 Å². The molecule has 0 bridgehead atoms. The first-order chi connectivity index (χ1) is 15.0. The fourth-order valence-corrected chi connectivity index (χ4v) is 5.69. The number of thiazole rings is 1. The van der Waals surface area contributed by atoms with Crippen molar-refractivity contribution in [3.05, 3.63) is 64.5 Å². The van der Waals surface area contributed by atoms with E-state index in [2.05, 4.69) is 15.6 Å². The summed E-state index contributed by atoms with van der Waals surface area (Å²) in [6.07, 6.45) is 1.05. The molecule has 31 heavy (non-hydrogen) atoms. The van der Waals surface area contributed by atoms with Crippen LogP contribution < -0.4 is 19.7 Å². The summed E-state index contributed by atoms with van der Waals surface area (Å²) >= 11 is 1.37. The lowest BCUT2D eigenvalue weighted by molar-refractivity contribution is 0.414. The van der Waals surface area contributed by atoms with Crippen molar-refractivity contribution in [1.29, 1.82) is 0 Å². The van der Waals surface area contributed by atoms with Gasteiger partial charge in [0.2, 0.25) is 0 Å². The molecule has 0 radical (unpaired) electrons. The standard InChI is InChI=1S/C22H26N4O3S2/c1-16-11-20(7-8-21(16)25-18-9-10-23-12-18)31(27,28)26(22-14-30-15-24-22)13-17-3-5-19(29-2)6-4-17/h3-8,11,14-15,18,23,25H,9-10,12-13H2,1-2H3. The van der Waals surface area contributed by atoms with E-state index >= 15 is 0 Å². The molecule has 2 aromatic carbocycles. The third-order valence-electron chi connectivity index (χ3n) is 5.37. The fourth-order valence-electron chi connectivity index (χ4n) is 3.60. The molecule has 7 nitrogen and oxygen atoms in total. The maximum atomic E-state index is 13.6. The summed E-state index contributed by atoms with van der Waals surface area (Å²) in [4.78, 5) is 4.52. The van der Waals surface area contributed by atoms with Crippen LogP contribution in [-0.2, 0) is 16.6 Å². The van der Waals surface area contributed by atoms with Crippen LogP contribution in [0.3, 0.4) is 0 Å². The predicted molar refractivity (Wildman–Crippen MR) is 125 cm³/mol. The first-order valence-corrected chi connectivity index (χ1v) is 12.5. The van der Waals surface area contributed by atoms with E-state index in [1.807, 2.05) is 37.3 Å². The van der Waals surface area contributed by atoms with Crippen LogP contribution in [0.1, 0.15) is 17.5 Å². The molecule has 0 spiro atoms. The minimum atomic E-state index is -3.80. The third-order valence-corrected chi connectivity index (χ3v) is 7.69. The van der Waals surface area contributed by atoms with Crippen molar-refractivity contribution >= 4 is 32.9 Å². The number of nitrogens with one attached hydrogen (secondary N) is 2. The Morgan fingerprint density at radius 3 is 2.68 bits per heavy atom. The fraction of sp³-hybridized carbons (Fsp3) is 0.318. The van der Waals surface area contributed by atoms with Crippen LogP contribution in [0.2, 0.25) is 0 Å². The highest BCUT2D eigenvalue weighted by molar-refractivity contribution is 7.92. The molecule has 0 aliphatic carbocycles. The molecule has 4 rings (SSSR count). The zero-order valence-corrected chi connectivity index (χ0v) is 19.2. The maximum absolute atomic E-state index is 13.6. The summed E-state index contributed by atoms with van der Waals surface area (Å²) in [5, 5.41) is 8.58. The average molecular weight is 459 g/mol. The quantitative estimate of drug-likeness (QED) is 0.536. The van der Waals surface area contributed by atoms with Gasteiger partial charge >= 0.3 is 0 Å². The molecule has 1 unspecified atom stereocenters. The first kappa shape index (κ1) is 21.6.